The van der Waals surface area contributed by atoms with Gasteiger partial charge in [0.05, 0.1) is 12.0 Å². The smallest absolute Gasteiger partial charge is 0.243 e. The second kappa shape index (κ2) is 14.0. The van der Waals surface area contributed by atoms with Gasteiger partial charge in [-0.15, -0.1) is 0 Å². The first kappa shape index (κ1) is 30.6. The number of rotatable bonds is 12. The summed E-state index contributed by atoms with van der Waals surface area (Å²) >= 11 is 5.96. The molecule has 1 fully saturated rings. The van der Waals surface area contributed by atoms with Gasteiger partial charge in [-0.25, -0.2) is 8.42 Å². The molecule has 1 heterocycles. The van der Waals surface area contributed by atoms with Crippen LogP contribution >= 0.6 is 11.6 Å². The van der Waals surface area contributed by atoms with E-state index in [4.69, 9.17) is 16.3 Å². The van der Waals surface area contributed by atoms with Crippen molar-refractivity contribution in [3.05, 3.63) is 94.5 Å². The number of benzene rings is 3. The van der Waals surface area contributed by atoms with Gasteiger partial charge in [-0.3, -0.25) is 9.59 Å². The Balaban J connectivity index is 1.43. The zero-order valence-electron chi connectivity index (χ0n) is 23.4. The quantitative estimate of drug-likeness (QED) is 0.324. The minimum absolute atomic E-state index is 0.170. The van der Waals surface area contributed by atoms with Gasteiger partial charge in [-0.2, -0.15) is 4.31 Å². The van der Waals surface area contributed by atoms with Crippen LogP contribution in [0.3, 0.4) is 0 Å². The second-order valence-electron chi connectivity index (χ2n) is 10.1. The van der Waals surface area contributed by atoms with Crippen LogP contribution < -0.4 is 10.1 Å². The third-order valence-corrected chi connectivity index (χ3v) is 9.48. The van der Waals surface area contributed by atoms with Crippen LogP contribution in [0.2, 0.25) is 5.02 Å². The van der Waals surface area contributed by atoms with Gasteiger partial charge in [0.15, 0.2) is 0 Å². The van der Waals surface area contributed by atoms with Gasteiger partial charge >= 0.3 is 0 Å². The minimum Gasteiger partial charge on any atom is -0.497 e. The average molecular weight is 598 g/mol. The van der Waals surface area contributed by atoms with Crippen molar-refractivity contribution in [3.8, 4) is 5.75 Å². The van der Waals surface area contributed by atoms with Gasteiger partial charge < -0.3 is 15.0 Å². The van der Waals surface area contributed by atoms with E-state index in [-0.39, 0.29) is 29.7 Å². The lowest BCUT2D eigenvalue weighted by Gasteiger charge is -2.29. The normalized spacial score (nSPS) is 14.4. The summed E-state index contributed by atoms with van der Waals surface area (Å²) in [5.41, 5.74) is 2.62. The van der Waals surface area contributed by atoms with Crippen LogP contribution in [0.25, 0.3) is 0 Å². The number of amides is 2. The second-order valence-corrected chi connectivity index (χ2v) is 12.5. The Kier molecular flexibility index (Phi) is 10.4. The van der Waals surface area contributed by atoms with Gasteiger partial charge in [-0.05, 0) is 79.3 Å². The van der Waals surface area contributed by atoms with E-state index in [0.717, 1.165) is 29.5 Å². The molecule has 2 amide bonds. The zero-order valence-corrected chi connectivity index (χ0v) is 25.0. The molecule has 1 N–H and O–H groups in total. The number of carbonyl (C=O) groups excluding carboxylic acids is 2. The van der Waals surface area contributed by atoms with Crippen molar-refractivity contribution in [2.75, 3.05) is 20.2 Å². The monoisotopic (exact) mass is 597 g/mol. The van der Waals surface area contributed by atoms with Crippen LogP contribution in [0, 0.1) is 0 Å². The number of halogens is 1. The molecule has 3 aromatic carbocycles. The summed E-state index contributed by atoms with van der Waals surface area (Å²) in [5, 5.41) is 3.54. The molecule has 218 valence electrons. The van der Waals surface area contributed by atoms with Crippen molar-refractivity contribution in [2.45, 2.75) is 56.6 Å². The molecule has 8 nitrogen and oxygen atoms in total. The molecule has 0 unspecified atom stereocenters. The highest BCUT2D eigenvalue weighted by Gasteiger charge is 2.28. The average Bonchev–Trinajstić information content (AvgIpc) is 3.55. The van der Waals surface area contributed by atoms with Gasteiger partial charge in [0.25, 0.3) is 0 Å². The molecule has 0 spiro atoms. The topological polar surface area (TPSA) is 96.0 Å². The maximum atomic E-state index is 13.5. The van der Waals surface area contributed by atoms with Crippen molar-refractivity contribution in [2.24, 2.45) is 0 Å². The highest BCUT2D eigenvalue weighted by Crippen LogP contribution is 2.22. The molecular formula is C31H36ClN3O5S. The molecule has 0 bridgehead atoms. The first-order valence-electron chi connectivity index (χ1n) is 13.7. The molecule has 4 rings (SSSR count). The molecule has 3 aromatic rings. The zero-order chi connectivity index (χ0) is 29.4. The molecule has 10 heteroatoms. The van der Waals surface area contributed by atoms with E-state index in [0.29, 0.717) is 36.8 Å². The van der Waals surface area contributed by atoms with E-state index >= 15 is 0 Å². The Morgan fingerprint density at radius 3 is 2.12 bits per heavy atom. The summed E-state index contributed by atoms with van der Waals surface area (Å²) in [6.07, 6.45) is 2.35. The van der Waals surface area contributed by atoms with Crippen molar-refractivity contribution in [1.29, 1.82) is 0 Å². The van der Waals surface area contributed by atoms with Crippen molar-refractivity contribution < 1.29 is 22.7 Å². The third-order valence-electron chi connectivity index (χ3n) is 7.31. The van der Waals surface area contributed by atoms with E-state index < -0.39 is 16.1 Å². The molecule has 0 radical (unpaired) electrons. The van der Waals surface area contributed by atoms with Crippen LogP contribution in [-0.2, 0) is 39.1 Å². The molecule has 0 saturated carbocycles. The molecule has 0 aliphatic carbocycles. The maximum absolute atomic E-state index is 13.5. The number of aryl methyl sites for hydroxylation is 1. The predicted molar refractivity (Wildman–Crippen MR) is 159 cm³/mol. The molecule has 0 aromatic heterocycles. The van der Waals surface area contributed by atoms with Crippen molar-refractivity contribution >= 4 is 33.4 Å². The molecule has 1 atom stereocenters. The number of nitrogens with one attached hydrogen (secondary N) is 1. The fourth-order valence-corrected chi connectivity index (χ4v) is 6.39. The lowest BCUT2D eigenvalue weighted by atomic mass is 10.1. The summed E-state index contributed by atoms with van der Waals surface area (Å²) < 4.78 is 32.4. The highest BCUT2D eigenvalue weighted by atomic mass is 35.5. The molecular weight excluding hydrogens is 562 g/mol. The standard InChI is InChI=1S/C31H36ClN3O5S/c1-23(31(37)33-21-25-5-12-27(32)13-6-25)35(22-26-7-14-28(40-2)15-8-26)30(36)18-11-24-9-16-29(17-10-24)41(38,39)34-19-3-4-20-34/h5-10,12-17,23H,3-4,11,18-22H2,1-2H3,(H,33,37)/t23-/m0/s1. The van der Waals surface area contributed by atoms with Gasteiger partial charge in [0.1, 0.15) is 11.8 Å². The van der Waals surface area contributed by atoms with Crippen LogP contribution in [0.4, 0.5) is 0 Å². The van der Waals surface area contributed by atoms with Gasteiger partial charge in [0.2, 0.25) is 21.8 Å². The van der Waals surface area contributed by atoms with E-state index in [1.165, 1.54) is 4.31 Å². The molecule has 1 saturated heterocycles. The summed E-state index contributed by atoms with van der Waals surface area (Å²) in [7, 11) is -1.90. The van der Waals surface area contributed by atoms with E-state index in [9.17, 15) is 18.0 Å². The highest BCUT2D eigenvalue weighted by molar-refractivity contribution is 7.89. The van der Waals surface area contributed by atoms with Crippen molar-refractivity contribution in [1.82, 2.24) is 14.5 Å². The van der Waals surface area contributed by atoms with E-state index in [2.05, 4.69) is 5.32 Å². The van der Waals surface area contributed by atoms with E-state index in [1.54, 1.807) is 55.3 Å². The first-order chi connectivity index (χ1) is 19.7. The number of hydrogen-bond acceptors (Lipinski definition) is 5. The van der Waals surface area contributed by atoms with E-state index in [1.807, 2.05) is 36.4 Å². The maximum Gasteiger partial charge on any atom is 0.243 e. The van der Waals surface area contributed by atoms with Gasteiger partial charge in [0, 0.05) is 37.6 Å². The minimum atomic E-state index is -3.49. The Labute approximate surface area is 247 Å². The van der Waals surface area contributed by atoms with Crippen molar-refractivity contribution in [3.63, 3.8) is 0 Å². The number of carbonyl (C=O) groups is 2. The summed E-state index contributed by atoms with van der Waals surface area (Å²) in [4.78, 5) is 28.5. The number of sulfonamides is 1. The fraction of sp³-hybridized carbons (Fsp3) is 0.355. The lowest BCUT2D eigenvalue weighted by molar-refractivity contribution is -0.140. The van der Waals surface area contributed by atoms with Crippen LogP contribution in [0.5, 0.6) is 5.75 Å². The predicted octanol–water partition coefficient (Wildman–Crippen LogP) is 4.80. The SMILES string of the molecule is COc1ccc(CN(C(=O)CCc2ccc(S(=O)(=O)N3CCCC3)cc2)[C@@H](C)C(=O)NCc2ccc(Cl)cc2)cc1. The van der Waals surface area contributed by atoms with Crippen LogP contribution in [0.15, 0.2) is 77.7 Å². The Morgan fingerprint density at radius 1 is 0.927 bits per heavy atom. The summed E-state index contributed by atoms with van der Waals surface area (Å²) in [6.45, 7) is 3.39. The Morgan fingerprint density at radius 2 is 1.51 bits per heavy atom. The molecule has 41 heavy (non-hydrogen) atoms. The van der Waals surface area contributed by atoms with Gasteiger partial charge in [-0.1, -0.05) is 48.0 Å². The van der Waals surface area contributed by atoms with Crippen LogP contribution in [0.1, 0.15) is 42.9 Å². The lowest BCUT2D eigenvalue weighted by Crippen LogP contribution is -2.47. The number of nitrogens with zero attached hydrogens (tertiary/aromatic N) is 2. The Hall–Kier alpha value is -3.40. The third kappa shape index (κ3) is 8.09. The Bertz CT molecular complexity index is 1420. The summed E-state index contributed by atoms with van der Waals surface area (Å²) in [6, 6.07) is 20.6. The summed E-state index contributed by atoms with van der Waals surface area (Å²) in [5.74, 6) is 0.262. The largest absolute Gasteiger partial charge is 0.497 e. The van der Waals surface area contributed by atoms with Crippen LogP contribution in [-0.4, -0.2) is 55.7 Å². The number of ether oxygens (including phenoxy) is 1. The fourth-order valence-electron chi connectivity index (χ4n) is 4.75. The first-order valence-corrected chi connectivity index (χ1v) is 15.5. The molecule has 1 aliphatic rings. The number of methoxy groups -OCH3 is 1. The molecule has 1 aliphatic heterocycles. The number of hydrogen-bond donors (Lipinski definition) is 1.